The van der Waals surface area contributed by atoms with Gasteiger partial charge >= 0.3 is 0 Å². The normalized spacial score (nSPS) is 17.0. The number of benzene rings is 2. The van der Waals surface area contributed by atoms with E-state index in [9.17, 15) is 13.2 Å². The molecule has 1 saturated heterocycles. The molecule has 1 aliphatic rings. The van der Waals surface area contributed by atoms with Crippen LogP contribution < -0.4 is 4.72 Å². The Kier molecular flexibility index (Phi) is 6.81. The van der Waals surface area contributed by atoms with Crippen molar-refractivity contribution in [1.29, 1.82) is 0 Å². The number of hydrogen-bond acceptors (Lipinski definition) is 3. The maximum absolute atomic E-state index is 12.8. The first kappa shape index (κ1) is 22.0. The Bertz CT molecular complexity index is 980. The molecule has 0 aliphatic carbocycles. The molecular formula is C22H27BrN2O3S. The second-order valence-electron chi connectivity index (χ2n) is 7.67. The van der Waals surface area contributed by atoms with Crippen LogP contribution in [0.15, 0.2) is 45.8 Å². The molecule has 0 aromatic heterocycles. The molecule has 0 bridgehead atoms. The van der Waals surface area contributed by atoms with E-state index in [1.807, 2.05) is 48.2 Å². The first-order valence-corrected chi connectivity index (χ1v) is 12.1. The van der Waals surface area contributed by atoms with E-state index in [4.69, 9.17) is 0 Å². The Morgan fingerprint density at radius 2 is 1.76 bits per heavy atom. The van der Waals surface area contributed by atoms with Gasteiger partial charge in [-0.2, -0.15) is 0 Å². The van der Waals surface area contributed by atoms with Crippen molar-refractivity contribution in [3.05, 3.63) is 63.1 Å². The molecule has 1 atom stereocenters. The molecule has 29 heavy (non-hydrogen) atoms. The summed E-state index contributed by atoms with van der Waals surface area (Å²) >= 11 is 3.44. The zero-order valence-electron chi connectivity index (χ0n) is 17.0. The van der Waals surface area contributed by atoms with E-state index >= 15 is 0 Å². The molecule has 1 fully saturated rings. The molecule has 1 N–H and O–H groups in total. The molecule has 156 valence electrons. The van der Waals surface area contributed by atoms with Crippen LogP contribution in [0.5, 0.6) is 0 Å². The Balaban J connectivity index is 1.64. The highest BCUT2D eigenvalue weighted by Crippen LogP contribution is 2.33. The second-order valence-corrected chi connectivity index (χ2v) is 10.3. The Morgan fingerprint density at radius 3 is 2.38 bits per heavy atom. The summed E-state index contributed by atoms with van der Waals surface area (Å²) in [6, 6.07) is 11.8. The summed E-state index contributed by atoms with van der Waals surface area (Å²) in [6.07, 6.45) is 2.04. The fourth-order valence-corrected chi connectivity index (χ4v) is 5.94. The van der Waals surface area contributed by atoms with E-state index in [-0.39, 0.29) is 24.9 Å². The molecule has 3 rings (SSSR count). The lowest BCUT2D eigenvalue weighted by Gasteiger charge is -2.25. The van der Waals surface area contributed by atoms with E-state index in [0.29, 0.717) is 11.4 Å². The van der Waals surface area contributed by atoms with Crippen molar-refractivity contribution >= 4 is 31.9 Å². The van der Waals surface area contributed by atoms with Gasteiger partial charge in [-0.05, 0) is 62.4 Å². The highest BCUT2D eigenvalue weighted by molar-refractivity contribution is 9.10. The van der Waals surface area contributed by atoms with E-state index in [1.54, 1.807) is 13.8 Å². The summed E-state index contributed by atoms with van der Waals surface area (Å²) in [6.45, 7) is 6.35. The maximum Gasteiger partial charge on any atom is 0.241 e. The van der Waals surface area contributed by atoms with Crippen LogP contribution in [0.4, 0.5) is 0 Å². The van der Waals surface area contributed by atoms with Gasteiger partial charge in [-0.3, -0.25) is 4.79 Å². The smallest absolute Gasteiger partial charge is 0.241 e. The monoisotopic (exact) mass is 478 g/mol. The number of likely N-dealkylation sites (tertiary alicyclic amines) is 1. The third kappa shape index (κ3) is 5.08. The van der Waals surface area contributed by atoms with Crippen molar-refractivity contribution in [3.8, 4) is 0 Å². The van der Waals surface area contributed by atoms with Gasteiger partial charge in [-0.25, -0.2) is 13.1 Å². The molecule has 7 heteroatoms. The number of hydrogen-bond donors (Lipinski definition) is 1. The predicted molar refractivity (Wildman–Crippen MR) is 118 cm³/mol. The number of sulfonamides is 1. The van der Waals surface area contributed by atoms with Crippen LogP contribution in [0.3, 0.4) is 0 Å². The fraction of sp³-hybridized carbons (Fsp3) is 0.409. The highest BCUT2D eigenvalue weighted by Gasteiger charge is 2.30. The third-order valence-electron chi connectivity index (χ3n) is 5.33. The minimum Gasteiger partial charge on any atom is -0.336 e. The Hall–Kier alpha value is -1.70. The van der Waals surface area contributed by atoms with Crippen molar-refractivity contribution in [1.82, 2.24) is 9.62 Å². The number of nitrogens with one attached hydrogen (secondary N) is 1. The van der Waals surface area contributed by atoms with E-state index in [2.05, 4.69) is 20.7 Å². The highest BCUT2D eigenvalue weighted by atomic mass is 79.9. The van der Waals surface area contributed by atoms with Gasteiger partial charge in [0, 0.05) is 24.0 Å². The van der Waals surface area contributed by atoms with Crippen LogP contribution in [0.25, 0.3) is 0 Å². The van der Waals surface area contributed by atoms with Gasteiger partial charge in [0.2, 0.25) is 15.9 Å². The Labute approximate surface area is 181 Å². The van der Waals surface area contributed by atoms with Crippen molar-refractivity contribution in [2.45, 2.75) is 51.0 Å². The van der Waals surface area contributed by atoms with Crippen LogP contribution >= 0.6 is 15.9 Å². The fourth-order valence-electron chi connectivity index (χ4n) is 4.20. The molecular weight excluding hydrogens is 452 g/mol. The number of carbonyl (C=O) groups is 1. The van der Waals surface area contributed by atoms with Crippen molar-refractivity contribution in [3.63, 3.8) is 0 Å². The molecule has 2 aromatic rings. The van der Waals surface area contributed by atoms with Crippen LogP contribution in [-0.2, 0) is 14.8 Å². The number of nitrogens with zero attached hydrogens (tertiary/aromatic N) is 1. The zero-order chi connectivity index (χ0) is 21.2. The second kappa shape index (κ2) is 8.98. The number of aryl methyl sites for hydroxylation is 3. The minimum absolute atomic E-state index is 0.0181. The standard InChI is InChI=1S/C22H27BrN2O3S/c1-15-13-16(2)22(17(3)14-15)29(27,28)24-11-10-21(26)25-12-4-5-20(25)18-6-8-19(23)9-7-18/h6-9,13-14,20,24H,4-5,10-12H2,1-3H3. The van der Waals surface area contributed by atoms with E-state index in [1.165, 1.54) is 0 Å². The molecule has 0 radical (unpaired) electrons. The summed E-state index contributed by atoms with van der Waals surface area (Å²) in [7, 11) is -3.65. The molecule has 5 nitrogen and oxygen atoms in total. The summed E-state index contributed by atoms with van der Waals surface area (Å²) in [5, 5.41) is 0. The average molecular weight is 479 g/mol. The molecule has 0 saturated carbocycles. The summed E-state index contributed by atoms with van der Waals surface area (Å²) in [4.78, 5) is 15.0. The van der Waals surface area contributed by atoms with Crippen molar-refractivity contribution in [2.75, 3.05) is 13.1 Å². The zero-order valence-corrected chi connectivity index (χ0v) is 19.4. The Morgan fingerprint density at radius 1 is 1.14 bits per heavy atom. The lowest BCUT2D eigenvalue weighted by molar-refractivity contribution is -0.131. The number of halogens is 1. The predicted octanol–water partition coefficient (Wildman–Crippen LogP) is 4.41. The van der Waals surface area contributed by atoms with Crippen LogP contribution in [0, 0.1) is 20.8 Å². The van der Waals surface area contributed by atoms with Crippen LogP contribution in [0.2, 0.25) is 0 Å². The molecule has 1 aliphatic heterocycles. The van der Waals surface area contributed by atoms with Gasteiger partial charge in [0.15, 0.2) is 0 Å². The van der Waals surface area contributed by atoms with Crippen LogP contribution in [0.1, 0.15) is 47.6 Å². The summed E-state index contributed by atoms with van der Waals surface area (Å²) in [5.74, 6) is -0.0181. The SMILES string of the molecule is Cc1cc(C)c(S(=O)(=O)NCCC(=O)N2CCCC2c2ccc(Br)cc2)c(C)c1. The van der Waals surface area contributed by atoms with E-state index < -0.39 is 10.0 Å². The first-order valence-electron chi connectivity index (χ1n) is 9.81. The van der Waals surface area contributed by atoms with Gasteiger partial charge in [0.25, 0.3) is 0 Å². The summed E-state index contributed by atoms with van der Waals surface area (Å²) < 4.78 is 29.1. The van der Waals surface area contributed by atoms with Crippen molar-refractivity contribution < 1.29 is 13.2 Å². The molecule has 1 amide bonds. The average Bonchev–Trinajstić information content (AvgIpc) is 3.10. The van der Waals surface area contributed by atoms with Gasteiger partial charge in [0.1, 0.15) is 0 Å². The van der Waals surface area contributed by atoms with Gasteiger partial charge in [-0.15, -0.1) is 0 Å². The number of carbonyl (C=O) groups excluding carboxylic acids is 1. The number of rotatable bonds is 6. The van der Waals surface area contributed by atoms with E-state index in [0.717, 1.165) is 39.6 Å². The van der Waals surface area contributed by atoms with Gasteiger partial charge < -0.3 is 4.90 Å². The molecule has 1 unspecified atom stereocenters. The molecule has 0 spiro atoms. The topological polar surface area (TPSA) is 66.5 Å². The van der Waals surface area contributed by atoms with Gasteiger partial charge in [0.05, 0.1) is 10.9 Å². The quantitative estimate of drug-likeness (QED) is 0.668. The lowest BCUT2D eigenvalue weighted by atomic mass is 10.0. The maximum atomic E-state index is 12.8. The molecule has 2 aromatic carbocycles. The lowest BCUT2D eigenvalue weighted by Crippen LogP contribution is -2.34. The number of amides is 1. The van der Waals surface area contributed by atoms with Gasteiger partial charge in [-0.1, -0.05) is 45.8 Å². The van der Waals surface area contributed by atoms with Crippen molar-refractivity contribution in [2.24, 2.45) is 0 Å². The first-order chi connectivity index (χ1) is 13.7. The molecule has 1 heterocycles. The van der Waals surface area contributed by atoms with Crippen LogP contribution in [-0.4, -0.2) is 32.3 Å². The summed E-state index contributed by atoms with van der Waals surface area (Å²) in [5.41, 5.74) is 3.58. The minimum atomic E-state index is -3.65. The third-order valence-corrected chi connectivity index (χ3v) is 7.63. The largest absolute Gasteiger partial charge is 0.336 e.